The molecule has 0 spiro atoms. The summed E-state index contributed by atoms with van der Waals surface area (Å²) in [6.07, 6.45) is 6.07. The van der Waals surface area contributed by atoms with Crippen LogP contribution in [-0.2, 0) is 0 Å². The number of rotatable bonds is 5. The molecule has 3 heteroatoms. The van der Waals surface area contributed by atoms with Crippen LogP contribution in [0.1, 0.15) is 46.0 Å². The van der Waals surface area contributed by atoms with Crippen LogP contribution in [0.15, 0.2) is 18.2 Å². The van der Waals surface area contributed by atoms with Crippen LogP contribution in [0.25, 0.3) is 0 Å². The normalized spacial score (nSPS) is 16.2. The Morgan fingerprint density at radius 1 is 1.32 bits per heavy atom. The van der Waals surface area contributed by atoms with E-state index in [0.717, 1.165) is 18.7 Å². The predicted molar refractivity (Wildman–Crippen MR) is 79.9 cm³/mol. The number of hydrogen-bond acceptors (Lipinski definition) is 2. The van der Waals surface area contributed by atoms with Crippen molar-refractivity contribution < 1.29 is 4.39 Å². The van der Waals surface area contributed by atoms with Crippen LogP contribution in [0.4, 0.5) is 15.8 Å². The Labute approximate surface area is 115 Å². The molecule has 2 rings (SSSR count). The molecule has 0 amide bonds. The van der Waals surface area contributed by atoms with Crippen LogP contribution >= 0.6 is 0 Å². The number of benzene rings is 1. The van der Waals surface area contributed by atoms with Crippen molar-refractivity contribution in [3.05, 3.63) is 24.0 Å². The highest BCUT2D eigenvalue weighted by atomic mass is 19.1. The zero-order chi connectivity index (χ0) is 13.8. The van der Waals surface area contributed by atoms with Gasteiger partial charge in [0.2, 0.25) is 0 Å². The fraction of sp³-hybridized carbons (Fsp3) is 0.625. The average Bonchev–Trinajstić information content (AvgIpc) is 2.87. The maximum Gasteiger partial charge on any atom is 0.125 e. The molecule has 0 bridgehead atoms. The van der Waals surface area contributed by atoms with Crippen molar-refractivity contribution in [2.24, 2.45) is 5.92 Å². The van der Waals surface area contributed by atoms with Gasteiger partial charge in [-0.1, -0.05) is 26.7 Å². The van der Waals surface area contributed by atoms with E-state index in [9.17, 15) is 4.39 Å². The van der Waals surface area contributed by atoms with Crippen LogP contribution in [0.5, 0.6) is 0 Å². The molecule has 1 aliphatic carbocycles. The smallest absolute Gasteiger partial charge is 0.125 e. The molecule has 0 radical (unpaired) electrons. The number of halogens is 1. The SMILES string of the molecule is CC(C)CCN(c1cc(F)ccc1N)C1CCCC1. The first-order valence-electron chi connectivity index (χ1n) is 7.39. The van der Waals surface area contributed by atoms with Gasteiger partial charge in [-0.2, -0.15) is 0 Å². The first-order chi connectivity index (χ1) is 9.08. The molecule has 1 saturated carbocycles. The highest BCUT2D eigenvalue weighted by molar-refractivity contribution is 5.68. The summed E-state index contributed by atoms with van der Waals surface area (Å²) in [6.45, 7) is 5.42. The van der Waals surface area contributed by atoms with Crippen molar-refractivity contribution in [2.45, 2.75) is 52.0 Å². The van der Waals surface area contributed by atoms with E-state index in [1.165, 1.54) is 31.7 Å². The highest BCUT2D eigenvalue weighted by Gasteiger charge is 2.24. The lowest BCUT2D eigenvalue weighted by molar-refractivity contribution is 0.527. The van der Waals surface area contributed by atoms with Gasteiger partial charge in [0, 0.05) is 12.6 Å². The lowest BCUT2D eigenvalue weighted by Gasteiger charge is -2.33. The van der Waals surface area contributed by atoms with E-state index < -0.39 is 0 Å². The van der Waals surface area contributed by atoms with E-state index in [-0.39, 0.29) is 5.82 Å². The molecule has 0 atom stereocenters. The molecular weight excluding hydrogens is 239 g/mol. The van der Waals surface area contributed by atoms with Gasteiger partial charge in [0.25, 0.3) is 0 Å². The van der Waals surface area contributed by atoms with Crippen LogP contribution < -0.4 is 10.6 Å². The van der Waals surface area contributed by atoms with E-state index in [0.29, 0.717) is 17.6 Å². The molecule has 0 aromatic heterocycles. The van der Waals surface area contributed by atoms with Crippen molar-refractivity contribution in [1.29, 1.82) is 0 Å². The molecule has 19 heavy (non-hydrogen) atoms. The second kappa shape index (κ2) is 6.27. The van der Waals surface area contributed by atoms with Crippen LogP contribution in [0.2, 0.25) is 0 Å². The van der Waals surface area contributed by atoms with Crippen molar-refractivity contribution in [2.75, 3.05) is 17.2 Å². The van der Waals surface area contributed by atoms with Gasteiger partial charge in [0.05, 0.1) is 11.4 Å². The number of nitrogens with two attached hydrogens (primary N) is 1. The zero-order valence-electron chi connectivity index (χ0n) is 12.0. The fourth-order valence-corrected chi connectivity index (χ4v) is 2.88. The molecular formula is C16H25FN2. The highest BCUT2D eigenvalue weighted by Crippen LogP contribution is 2.32. The Morgan fingerprint density at radius 2 is 2.00 bits per heavy atom. The molecule has 1 aromatic rings. The summed E-state index contributed by atoms with van der Waals surface area (Å²) in [5.41, 5.74) is 7.63. The van der Waals surface area contributed by atoms with Gasteiger partial charge >= 0.3 is 0 Å². The Kier molecular flexibility index (Phi) is 4.67. The lowest BCUT2D eigenvalue weighted by Crippen LogP contribution is -2.35. The monoisotopic (exact) mass is 264 g/mol. The number of nitrogens with zero attached hydrogens (tertiary/aromatic N) is 1. The minimum Gasteiger partial charge on any atom is -0.397 e. The molecule has 2 nitrogen and oxygen atoms in total. The number of hydrogen-bond donors (Lipinski definition) is 1. The topological polar surface area (TPSA) is 29.3 Å². The van der Waals surface area contributed by atoms with E-state index in [1.807, 2.05) is 0 Å². The first-order valence-corrected chi connectivity index (χ1v) is 7.39. The summed E-state index contributed by atoms with van der Waals surface area (Å²) in [5.74, 6) is 0.454. The van der Waals surface area contributed by atoms with E-state index in [1.54, 1.807) is 12.1 Å². The molecule has 106 valence electrons. The van der Waals surface area contributed by atoms with E-state index in [4.69, 9.17) is 5.73 Å². The standard InChI is InChI=1S/C16H25FN2/c1-12(2)9-10-19(14-5-3-4-6-14)16-11-13(17)7-8-15(16)18/h7-8,11-12,14H,3-6,9-10,18H2,1-2H3. The summed E-state index contributed by atoms with van der Waals surface area (Å²) in [6, 6.07) is 5.24. The Morgan fingerprint density at radius 3 is 2.63 bits per heavy atom. The zero-order valence-corrected chi connectivity index (χ0v) is 12.0. The third kappa shape index (κ3) is 3.62. The minimum atomic E-state index is -0.197. The molecule has 0 aliphatic heterocycles. The quantitative estimate of drug-likeness (QED) is 0.807. The van der Waals surface area contributed by atoms with Gasteiger partial charge < -0.3 is 10.6 Å². The predicted octanol–water partition coefficient (Wildman–Crippen LogP) is 4.20. The first kappa shape index (κ1) is 14.2. The molecule has 0 unspecified atom stereocenters. The molecule has 1 aromatic carbocycles. The Hall–Kier alpha value is -1.25. The van der Waals surface area contributed by atoms with Crippen LogP contribution in [-0.4, -0.2) is 12.6 Å². The summed E-state index contributed by atoms with van der Waals surface area (Å²) in [5, 5.41) is 0. The summed E-state index contributed by atoms with van der Waals surface area (Å²) < 4.78 is 13.5. The largest absolute Gasteiger partial charge is 0.397 e. The van der Waals surface area contributed by atoms with Gasteiger partial charge in [-0.05, 0) is 43.4 Å². The van der Waals surface area contributed by atoms with Gasteiger partial charge in [0.1, 0.15) is 5.82 Å². The third-order valence-electron chi connectivity index (χ3n) is 4.01. The van der Waals surface area contributed by atoms with Crippen molar-refractivity contribution in [1.82, 2.24) is 0 Å². The second-order valence-electron chi connectivity index (χ2n) is 6.02. The third-order valence-corrected chi connectivity index (χ3v) is 4.01. The van der Waals surface area contributed by atoms with Gasteiger partial charge in [-0.3, -0.25) is 0 Å². The number of anilines is 2. The summed E-state index contributed by atoms with van der Waals surface area (Å²) in [7, 11) is 0. The Balaban J connectivity index is 2.21. The average molecular weight is 264 g/mol. The number of nitrogen functional groups attached to an aromatic ring is 1. The summed E-state index contributed by atoms with van der Waals surface area (Å²) >= 11 is 0. The maximum absolute atomic E-state index is 13.5. The molecule has 0 heterocycles. The second-order valence-corrected chi connectivity index (χ2v) is 6.02. The minimum absolute atomic E-state index is 0.197. The van der Waals surface area contributed by atoms with Crippen LogP contribution in [0, 0.1) is 11.7 Å². The van der Waals surface area contributed by atoms with Crippen molar-refractivity contribution >= 4 is 11.4 Å². The fourth-order valence-electron chi connectivity index (χ4n) is 2.88. The van der Waals surface area contributed by atoms with Crippen molar-refractivity contribution in [3.63, 3.8) is 0 Å². The molecule has 1 fully saturated rings. The molecule has 2 N–H and O–H groups in total. The van der Waals surface area contributed by atoms with Gasteiger partial charge in [0.15, 0.2) is 0 Å². The molecule has 0 saturated heterocycles. The van der Waals surface area contributed by atoms with Crippen LogP contribution in [0.3, 0.4) is 0 Å². The molecule has 1 aliphatic rings. The van der Waals surface area contributed by atoms with E-state index >= 15 is 0 Å². The summed E-state index contributed by atoms with van der Waals surface area (Å²) in [4.78, 5) is 2.34. The maximum atomic E-state index is 13.5. The van der Waals surface area contributed by atoms with Gasteiger partial charge in [-0.15, -0.1) is 0 Å². The lowest BCUT2D eigenvalue weighted by atomic mass is 10.1. The van der Waals surface area contributed by atoms with Gasteiger partial charge in [-0.25, -0.2) is 4.39 Å². The Bertz CT molecular complexity index is 411. The van der Waals surface area contributed by atoms with E-state index in [2.05, 4.69) is 18.7 Å². The van der Waals surface area contributed by atoms with Crippen molar-refractivity contribution in [3.8, 4) is 0 Å².